The molecule has 4 aromatic rings. The highest BCUT2D eigenvalue weighted by Crippen LogP contribution is 2.58. The van der Waals surface area contributed by atoms with Crippen LogP contribution < -0.4 is 10.7 Å². The van der Waals surface area contributed by atoms with E-state index in [1.807, 2.05) is 0 Å². The normalized spacial score (nSPS) is 19.5. The van der Waals surface area contributed by atoms with Crippen molar-refractivity contribution in [1.82, 2.24) is 4.98 Å². The number of anilines is 2. The van der Waals surface area contributed by atoms with Crippen LogP contribution in [0.3, 0.4) is 0 Å². The average molecular weight is 438 g/mol. The molecule has 33 heavy (non-hydrogen) atoms. The summed E-state index contributed by atoms with van der Waals surface area (Å²) in [5.41, 5.74) is 9.17. The van der Waals surface area contributed by atoms with Crippen LogP contribution in [0.4, 0.5) is 11.4 Å². The van der Waals surface area contributed by atoms with Crippen LogP contribution in [0, 0.1) is 5.41 Å². The van der Waals surface area contributed by atoms with Gasteiger partial charge in [-0.15, -0.1) is 0 Å². The number of hydrogen-bond donors (Lipinski definition) is 3. The minimum Gasteiger partial charge on any atom is -0.359 e. The first-order valence-corrected chi connectivity index (χ1v) is 11.8. The Morgan fingerprint density at radius 2 is 1.30 bits per heavy atom. The van der Waals surface area contributed by atoms with Gasteiger partial charge in [0.25, 0.3) is 0 Å². The van der Waals surface area contributed by atoms with Crippen molar-refractivity contribution >= 4 is 33.2 Å². The van der Waals surface area contributed by atoms with Crippen LogP contribution in [0.2, 0.25) is 0 Å². The van der Waals surface area contributed by atoms with Gasteiger partial charge in [-0.2, -0.15) is 0 Å². The van der Waals surface area contributed by atoms with Gasteiger partial charge in [0, 0.05) is 44.3 Å². The number of nitrogens with one attached hydrogen (secondary N) is 3. The Kier molecular flexibility index (Phi) is 4.02. The van der Waals surface area contributed by atoms with Crippen LogP contribution in [0.1, 0.15) is 76.0 Å². The summed E-state index contributed by atoms with van der Waals surface area (Å²) >= 11 is 0. The van der Waals surface area contributed by atoms with E-state index in [2.05, 4.69) is 100 Å². The Morgan fingerprint density at radius 1 is 0.697 bits per heavy atom. The topological polar surface area (TPSA) is 64.2 Å². The summed E-state index contributed by atoms with van der Waals surface area (Å²) in [5, 5.41) is 15.1. The number of ether oxygens (including phenoxy) is 1. The van der Waals surface area contributed by atoms with Gasteiger partial charge in [0.05, 0.1) is 5.36 Å². The fourth-order valence-corrected chi connectivity index (χ4v) is 5.00. The zero-order valence-corrected chi connectivity index (χ0v) is 20.2. The summed E-state index contributed by atoms with van der Waals surface area (Å²) in [4.78, 5) is 3.59. The quantitative estimate of drug-likeness (QED) is 0.200. The molecule has 4 nitrogen and oxygen atoms in total. The third-order valence-corrected chi connectivity index (χ3v) is 7.17. The summed E-state index contributed by atoms with van der Waals surface area (Å²) in [6.07, 6.45) is 0.133. The van der Waals surface area contributed by atoms with Crippen LogP contribution in [0.15, 0.2) is 48.5 Å². The van der Waals surface area contributed by atoms with E-state index in [0.717, 1.165) is 38.7 Å². The molecule has 4 heteroatoms. The molecule has 2 aliphatic heterocycles. The molecule has 1 fully saturated rings. The van der Waals surface area contributed by atoms with Gasteiger partial charge in [0.1, 0.15) is 12.2 Å². The average Bonchev–Trinajstić information content (AvgIpc) is 3.53. The van der Waals surface area contributed by atoms with Crippen molar-refractivity contribution in [1.29, 1.82) is 5.41 Å². The summed E-state index contributed by atoms with van der Waals surface area (Å²) in [5.74, 6) is 0. The molecule has 3 aromatic carbocycles. The van der Waals surface area contributed by atoms with Crippen molar-refractivity contribution in [2.45, 2.75) is 64.6 Å². The van der Waals surface area contributed by atoms with Crippen molar-refractivity contribution < 1.29 is 4.74 Å². The maximum absolute atomic E-state index is 9.03. The number of aromatic amines is 1. The monoisotopic (exact) mass is 437 g/mol. The van der Waals surface area contributed by atoms with Gasteiger partial charge in [-0.1, -0.05) is 59.7 Å². The lowest BCUT2D eigenvalue weighted by Crippen LogP contribution is -2.13. The lowest BCUT2D eigenvalue weighted by Gasteiger charge is -2.21. The van der Waals surface area contributed by atoms with Crippen molar-refractivity contribution in [3.63, 3.8) is 0 Å². The molecular formula is C29H31N3O. The summed E-state index contributed by atoms with van der Waals surface area (Å²) in [6.45, 7) is 13.4. The van der Waals surface area contributed by atoms with Gasteiger partial charge < -0.3 is 15.0 Å². The highest BCUT2D eigenvalue weighted by Gasteiger charge is 2.46. The molecule has 2 unspecified atom stereocenters. The molecule has 0 radical (unpaired) electrons. The molecule has 168 valence electrons. The molecule has 6 rings (SSSR count). The van der Waals surface area contributed by atoms with Gasteiger partial charge in [-0.05, 0) is 52.3 Å². The number of hydrogen-bond acceptors (Lipinski definition) is 3. The Morgan fingerprint density at radius 3 is 2.00 bits per heavy atom. The number of fused-ring (bicyclic) bond motifs is 7. The molecule has 1 aromatic heterocycles. The second-order valence-electron chi connectivity index (χ2n) is 11.6. The number of epoxide rings is 1. The lowest BCUT2D eigenvalue weighted by atomic mass is 9.85. The Labute approximate surface area is 194 Å². The minimum atomic E-state index is 0.0405. The molecule has 1 saturated heterocycles. The molecule has 2 atom stereocenters. The standard InChI is InChI=1S/C29H31N3O/c1-28(2,3)15-7-9-21-17(11-15)25(30)18-13-24-20(14-23(18)31-21)27-26(33-27)19-12-16(29(4,5)6)8-10-22(19)32-24/h7-14,26-27,32H,1-6H3,(H2,30,31). The zero-order valence-electron chi connectivity index (χ0n) is 20.2. The molecule has 0 saturated carbocycles. The van der Waals surface area contributed by atoms with E-state index < -0.39 is 0 Å². The van der Waals surface area contributed by atoms with E-state index in [4.69, 9.17) is 10.1 Å². The zero-order chi connectivity index (χ0) is 23.3. The third kappa shape index (κ3) is 3.19. The molecule has 2 aliphatic rings. The van der Waals surface area contributed by atoms with Gasteiger partial charge in [-0.25, -0.2) is 0 Å². The second kappa shape index (κ2) is 6.48. The predicted octanol–water partition coefficient (Wildman–Crippen LogP) is 7.27. The fourth-order valence-electron chi connectivity index (χ4n) is 5.00. The van der Waals surface area contributed by atoms with Gasteiger partial charge >= 0.3 is 0 Å². The summed E-state index contributed by atoms with van der Waals surface area (Å²) in [6, 6.07) is 17.4. The largest absolute Gasteiger partial charge is 0.359 e. The number of aromatic nitrogens is 1. The van der Waals surface area contributed by atoms with E-state index in [0.29, 0.717) is 5.36 Å². The van der Waals surface area contributed by atoms with Crippen molar-refractivity contribution in [3.8, 4) is 0 Å². The van der Waals surface area contributed by atoms with Crippen LogP contribution in [-0.4, -0.2) is 4.98 Å². The van der Waals surface area contributed by atoms with Crippen LogP contribution in [0.5, 0.6) is 0 Å². The summed E-state index contributed by atoms with van der Waals surface area (Å²) in [7, 11) is 0. The maximum atomic E-state index is 9.03. The van der Waals surface area contributed by atoms with E-state index >= 15 is 0 Å². The maximum Gasteiger partial charge on any atom is 0.116 e. The molecule has 0 aliphatic carbocycles. The Balaban J connectivity index is 1.53. The van der Waals surface area contributed by atoms with E-state index in [-0.39, 0.29) is 23.0 Å². The highest BCUT2D eigenvalue weighted by atomic mass is 16.6. The van der Waals surface area contributed by atoms with E-state index in [1.54, 1.807) is 0 Å². The molecule has 0 spiro atoms. The van der Waals surface area contributed by atoms with E-state index in [9.17, 15) is 0 Å². The van der Waals surface area contributed by atoms with E-state index in [1.165, 1.54) is 16.7 Å². The van der Waals surface area contributed by atoms with Crippen molar-refractivity contribution in [2.75, 3.05) is 5.32 Å². The smallest absolute Gasteiger partial charge is 0.116 e. The number of H-pyrrole nitrogens is 1. The second-order valence-corrected chi connectivity index (χ2v) is 11.6. The predicted molar refractivity (Wildman–Crippen MR) is 135 cm³/mol. The SMILES string of the molecule is CC(C)(C)c1ccc2c(c1)C1OC1c1cc3[nH]c4ccc(C(C)(C)C)cc4c(=N)c3cc1N2. The van der Waals surface area contributed by atoms with Crippen molar-refractivity contribution in [3.05, 3.63) is 76.1 Å². The summed E-state index contributed by atoms with van der Waals surface area (Å²) < 4.78 is 6.20. The minimum absolute atomic E-state index is 0.0405. The fraction of sp³-hybridized carbons (Fsp3) is 0.345. The van der Waals surface area contributed by atoms with Crippen LogP contribution in [-0.2, 0) is 15.6 Å². The number of rotatable bonds is 0. The first kappa shape index (κ1) is 20.5. The molecule has 0 bridgehead atoms. The van der Waals surface area contributed by atoms with Crippen molar-refractivity contribution in [2.24, 2.45) is 0 Å². The molecule has 0 amide bonds. The van der Waals surface area contributed by atoms with Gasteiger partial charge in [0.15, 0.2) is 0 Å². The van der Waals surface area contributed by atoms with Crippen LogP contribution in [0.25, 0.3) is 21.8 Å². The molecular weight excluding hydrogens is 406 g/mol. The highest BCUT2D eigenvalue weighted by molar-refractivity contribution is 5.95. The van der Waals surface area contributed by atoms with Crippen LogP contribution >= 0.6 is 0 Å². The number of benzene rings is 3. The number of pyridine rings is 1. The molecule has 3 N–H and O–H groups in total. The first-order valence-electron chi connectivity index (χ1n) is 11.8. The van der Waals surface area contributed by atoms with Gasteiger partial charge in [0.2, 0.25) is 0 Å². The molecule has 3 heterocycles. The third-order valence-electron chi connectivity index (χ3n) is 7.17. The first-order chi connectivity index (χ1) is 15.5. The Bertz CT molecular complexity index is 1510. The Hall–Kier alpha value is -3.11. The van der Waals surface area contributed by atoms with Gasteiger partial charge in [-0.3, -0.25) is 5.41 Å². The lowest BCUT2D eigenvalue weighted by molar-refractivity contribution is 0.377.